The van der Waals surface area contributed by atoms with E-state index < -0.39 is 5.91 Å². The maximum Gasteiger partial charge on any atom is 0.316 e. The van der Waals surface area contributed by atoms with E-state index in [1.54, 1.807) is 32.4 Å². The summed E-state index contributed by atoms with van der Waals surface area (Å²) in [6.07, 6.45) is 0. The molecule has 0 aliphatic heterocycles. The fourth-order valence-corrected chi connectivity index (χ4v) is 2.49. The highest BCUT2D eigenvalue weighted by Gasteiger charge is 2.19. The second-order valence-electron chi connectivity index (χ2n) is 5.60. The van der Waals surface area contributed by atoms with Gasteiger partial charge < -0.3 is 19.3 Å². The lowest BCUT2D eigenvalue weighted by Gasteiger charge is -2.12. The van der Waals surface area contributed by atoms with E-state index in [0.717, 1.165) is 5.56 Å². The van der Waals surface area contributed by atoms with Crippen molar-refractivity contribution in [1.29, 1.82) is 0 Å². The molecule has 1 atom stereocenters. The van der Waals surface area contributed by atoms with Crippen molar-refractivity contribution in [2.45, 2.75) is 13.0 Å². The predicted octanol–water partition coefficient (Wildman–Crippen LogP) is 3.24. The first kappa shape index (κ1) is 17.5. The molecule has 0 unspecified atom stereocenters. The lowest BCUT2D eigenvalue weighted by molar-refractivity contribution is 0.0895. The average molecular weight is 353 g/mol. The smallest absolute Gasteiger partial charge is 0.316 e. The third kappa shape index (κ3) is 3.66. The highest BCUT2D eigenvalue weighted by atomic mass is 16.5. The van der Waals surface area contributed by atoms with Crippen molar-refractivity contribution in [2.24, 2.45) is 0 Å². The third-order valence-corrected chi connectivity index (χ3v) is 3.91. The van der Waals surface area contributed by atoms with Gasteiger partial charge in [-0.15, -0.1) is 0 Å². The van der Waals surface area contributed by atoms with Gasteiger partial charge in [0.25, 0.3) is 0 Å². The Balaban J connectivity index is 1.76. The molecule has 2 aromatic carbocycles. The molecule has 0 aliphatic rings. The zero-order valence-electron chi connectivity index (χ0n) is 14.7. The van der Waals surface area contributed by atoms with Crippen molar-refractivity contribution < 1.29 is 18.8 Å². The third-order valence-electron chi connectivity index (χ3n) is 3.91. The molecule has 0 aliphatic carbocycles. The van der Waals surface area contributed by atoms with Gasteiger partial charge in [-0.05, 0) is 30.7 Å². The number of amides is 1. The monoisotopic (exact) mass is 353 g/mol. The minimum absolute atomic E-state index is 0.0995. The molecule has 7 heteroatoms. The fraction of sp³-hybridized carbons (Fsp3) is 0.211. The Morgan fingerprint density at radius 3 is 2.50 bits per heavy atom. The lowest BCUT2D eigenvalue weighted by Crippen LogP contribution is -2.26. The SMILES string of the molecule is COc1ccc(-c2noc(C(=O)N[C@H](C)c3ccccc3)n2)cc1OC. The van der Waals surface area contributed by atoms with Crippen molar-refractivity contribution in [3.8, 4) is 22.9 Å². The summed E-state index contributed by atoms with van der Waals surface area (Å²) in [6, 6.07) is 14.7. The molecule has 0 spiro atoms. The molecular weight excluding hydrogens is 334 g/mol. The summed E-state index contributed by atoms with van der Waals surface area (Å²) in [5.41, 5.74) is 1.64. The Morgan fingerprint density at radius 1 is 1.08 bits per heavy atom. The molecule has 1 heterocycles. The number of ether oxygens (including phenoxy) is 2. The molecule has 1 aromatic heterocycles. The Kier molecular flexibility index (Phi) is 5.17. The average Bonchev–Trinajstić information content (AvgIpc) is 3.18. The van der Waals surface area contributed by atoms with E-state index in [4.69, 9.17) is 14.0 Å². The van der Waals surface area contributed by atoms with Gasteiger partial charge in [0.2, 0.25) is 5.82 Å². The first-order chi connectivity index (χ1) is 12.6. The fourth-order valence-electron chi connectivity index (χ4n) is 2.49. The van der Waals surface area contributed by atoms with Crippen molar-refractivity contribution in [3.05, 3.63) is 60.0 Å². The predicted molar refractivity (Wildman–Crippen MR) is 95.2 cm³/mol. The van der Waals surface area contributed by atoms with Gasteiger partial charge >= 0.3 is 11.8 Å². The van der Waals surface area contributed by atoms with Crippen molar-refractivity contribution in [3.63, 3.8) is 0 Å². The van der Waals surface area contributed by atoms with E-state index in [9.17, 15) is 4.79 Å². The van der Waals surface area contributed by atoms with Crippen LogP contribution in [0.15, 0.2) is 53.1 Å². The Hall–Kier alpha value is -3.35. The normalized spacial score (nSPS) is 11.7. The number of benzene rings is 2. The van der Waals surface area contributed by atoms with Gasteiger partial charge in [-0.25, -0.2) is 0 Å². The minimum atomic E-state index is -0.430. The molecular formula is C19H19N3O4. The second-order valence-corrected chi connectivity index (χ2v) is 5.60. The first-order valence-electron chi connectivity index (χ1n) is 8.04. The number of rotatable bonds is 6. The van der Waals surface area contributed by atoms with Crippen LogP contribution in [0.3, 0.4) is 0 Å². The number of methoxy groups -OCH3 is 2. The molecule has 3 aromatic rings. The molecule has 7 nitrogen and oxygen atoms in total. The molecule has 0 radical (unpaired) electrons. The van der Waals surface area contributed by atoms with Crippen molar-refractivity contribution >= 4 is 5.91 Å². The van der Waals surface area contributed by atoms with Gasteiger partial charge in [-0.3, -0.25) is 4.79 Å². The zero-order valence-corrected chi connectivity index (χ0v) is 14.7. The van der Waals surface area contributed by atoms with Crippen LogP contribution < -0.4 is 14.8 Å². The molecule has 3 rings (SSSR count). The molecule has 0 fully saturated rings. The number of aromatic nitrogens is 2. The van der Waals surface area contributed by atoms with Crippen LogP contribution in [0.5, 0.6) is 11.5 Å². The molecule has 0 saturated carbocycles. The summed E-state index contributed by atoms with van der Waals surface area (Å²) in [5.74, 6) is 0.898. The van der Waals surface area contributed by atoms with Crippen LogP contribution in [-0.4, -0.2) is 30.3 Å². The topological polar surface area (TPSA) is 86.5 Å². The number of nitrogens with zero attached hydrogens (tertiary/aromatic N) is 2. The highest BCUT2D eigenvalue weighted by Crippen LogP contribution is 2.31. The molecule has 134 valence electrons. The summed E-state index contributed by atoms with van der Waals surface area (Å²) in [7, 11) is 3.10. The van der Waals surface area contributed by atoms with Gasteiger partial charge in [-0.2, -0.15) is 4.98 Å². The van der Waals surface area contributed by atoms with E-state index >= 15 is 0 Å². The van der Waals surface area contributed by atoms with Crippen LogP contribution in [-0.2, 0) is 0 Å². The van der Waals surface area contributed by atoms with Crippen LogP contribution in [0.2, 0.25) is 0 Å². The van der Waals surface area contributed by atoms with Crippen LogP contribution in [0.1, 0.15) is 29.2 Å². The number of carbonyl (C=O) groups excluding carboxylic acids is 1. The standard InChI is InChI=1S/C19H19N3O4/c1-12(13-7-5-4-6-8-13)20-18(23)19-21-17(22-26-19)14-9-10-15(24-2)16(11-14)25-3/h4-12H,1-3H3,(H,20,23)/t12-/m1/s1. The maximum absolute atomic E-state index is 12.3. The lowest BCUT2D eigenvalue weighted by atomic mass is 10.1. The zero-order chi connectivity index (χ0) is 18.5. The van der Waals surface area contributed by atoms with Gasteiger partial charge in [-0.1, -0.05) is 35.5 Å². The largest absolute Gasteiger partial charge is 0.493 e. The molecule has 1 amide bonds. The Morgan fingerprint density at radius 2 is 1.81 bits per heavy atom. The van der Waals surface area contributed by atoms with Crippen LogP contribution >= 0.6 is 0 Å². The number of hydrogen-bond acceptors (Lipinski definition) is 6. The van der Waals surface area contributed by atoms with E-state index in [-0.39, 0.29) is 11.9 Å². The molecule has 26 heavy (non-hydrogen) atoms. The van der Waals surface area contributed by atoms with E-state index in [2.05, 4.69) is 15.5 Å². The van der Waals surface area contributed by atoms with Crippen LogP contribution in [0.4, 0.5) is 0 Å². The highest BCUT2D eigenvalue weighted by molar-refractivity contribution is 5.90. The quantitative estimate of drug-likeness (QED) is 0.732. The van der Waals surface area contributed by atoms with Crippen LogP contribution in [0, 0.1) is 0 Å². The second kappa shape index (κ2) is 7.69. The van der Waals surface area contributed by atoms with Crippen molar-refractivity contribution in [1.82, 2.24) is 15.5 Å². The first-order valence-corrected chi connectivity index (χ1v) is 8.04. The van der Waals surface area contributed by atoms with E-state index in [1.807, 2.05) is 37.3 Å². The van der Waals surface area contributed by atoms with Gasteiger partial charge in [0.15, 0.2) is 11.5 Å². The molecule has 1 N–H and O–H groups in total. The number of carbonyl (C=O) groups is 1. The summed E-state index contributed by atoms with van der Waals surface area (Å²) < 4.78 is 15.6. The maximum atomic E-state index is 12.3. The summed E-state index contributed by atoms with van der Waals surface area (Å²) in [5, 5.41) is 6.71. The molecule has 0 saturated heterocycles. The van der Waals surface area contributed by atoms with E-state index in [1.165, 1.54) is 0 Å². The summed E-state index contributed by atoms with van der Waals surface area (Å²) >= 11 is 0. The Labute approximate surface area is 150 Å². The van der Waals surface area contributed by atoms with Gasteiger partial charge in [0.05, 0.1) is 20.3 Å². The molecule has 0 bridgehead atoms. The van der Waals surface area contributed by atoms with Gasteiger partial charge in [0, 0.05) is 5.56 Å². The minimum Gasteiger partial charge on any atom is -0.493 e. The van der Waals surface area contributed by atoms with Gasteiger partial charge in [0.1, 0.15) is 0 Å². The van der Waals surface area contributed by atoms with Crippen molar-refractivity contribution in [2.75, 3.05) is 14.2 Å². The summed E-state index contributed by atoms with van der Waals surface area (Å²) in [6.45, 7) is 1.89. The van der Waals surface area contributed by atoms with E-state index in [0.29, 0.717) is 22.9 Å². The number of nitrogens with one attached hydrogen (secondary N) is 1. The number of hydrogen-bond donors (Lipinski definition) is 1. The summed E-state index contributed by atoms with van der Waals surface area (Å²) in [4.78, 5) is 16.5. The Bertz CT molecular complexity index is 893. The van der Waals surface area contributed by atoms with Crippen LogP contribution in [0.25, 0.3) is 11.4 Å².